The SMILES string of the molecule is CCOC(=O)c1c[nH]nc1OCCOC. The summed E-state index contributed by atoms with van der Waals surface area (Å²) in [4.78, 5) is 11.4. The molecule has 0 bridgehead atoms. The molecular weight excluding hydrogens is 200 g/mol. The lowest BCUT2D eigenvalue weighted by Gasteiger charge is -2.04. The first-order valence-corrected chi connectivity index (χ1v) is 4.62. The van der Waals surface area contributed by atoms with Gasteiger partial charge in [-0.25, -0.2) is 4.79 Å². The van der Waals surface area contributed by atoms with Gasteiger partial charge in [0.25, 0.3) is 0 Å². The molecule has 15 heavy (non-hydrogen) atoms. The molecule has 1 rings (SSSR count). The summed E-state index contributed by atoms with van der Waals surface area (Å²) >= 11 is 0. The van der Waals surface area contributed by atoms with Crippen molar-refractivity contribution in [1.82, 2.24) is 10.2 Å². The lowest BCUT2D eigenvalue weighted by atomic mass is 10.3. The minimum atomic E-state index is -0.446. The summed E-state index contributed by atoms with van der Waals surface area (Å²) < 4.78 is 14.8. The van der Waals surface area contributed by atoms with Crippen LogP contribution in [-0.4, -0.2) is 43.1 Å². The maximum atomic E-state index is 11.4. The van der Waals surface area contributed by atoms with Gasteiger partial charge in [0.15, 0.2) is 0 Å². The largest absolute Gasteiger partial charge is 0.474 e. The van der Waals surface area contributed by atoms with Crippen molar-refractivity contribution in [3.05, 3.63) is 11.8 Å². The number of carbonyl (C=O) groups is 1. The number of H-pyrrole nitrogens is 1. The summed E-state index contributed by atoms with van der Waals surface area (Å²) in [5.41, 5.74) is 0.299. The topological polar surface area (TPSA) is 73.4 Å². The number of hydrogen-bond acceptors (Lipinski definition) is 5. The van der Waals surface area contributed by atoms with E-state index in [0.29, 0.717) is 25.4 Å². The molecule has 6 heteroatoms. The molecule has 0 saturated carbocycles. The second kappa shape index (κ2) is 6.02. The molecule has 1 heterocycles. The Bertz CT molecular complexity index is 311. The highest BCUT2D eigenvalue weighted by Gasteiger charge is 2.16. The van der Waals surface area contributed by atoms with Crippen molar-refractivity contribution in [3.8, 4) is 5.88 Å². The fourth-order valence-corrected chi connectivity index (χ4v) is 0.964. The molecule has 0 atom stereocenters. The highest BCUT2D eigenvalue weighted by Crippen LogP contribution is 2.14. The van der Waals surface area contributed by atoms with Crippen LogP contribution in [0.4, 0.5) is 0 Å². The molecule has 0 aliphatic carbocycles. The fraction of sp³-hybridized carbons (Fsp3) is 0.556. The molecule has 0 aliphatic rings. The van der Waals surface area contributed by atoms with E-state index < -0.39 is 5.97 Å². The number of rotatable bonds is 6. The molecule has 1 aromatic heterocycles. The Morgan fingerprint density at radius 3 is 3.00 bits per heavy atom. The van der Waals surface area contributed by atoms with E-state index in [1.165, 1.54) is 6.20 Å². The second-order valence-electron chi connectivity index (χ2n) is 2.67. The predicted octanol–water partition coefficient (Wildman–Crippen LogP) is 0.612. The van der Waals surface area contributed by atoms with Gasteiger partial charge in [0.05, 0.1) is 13.2 Å². The number of esters is 1. The predicted molar refractivity (Wildman–Crippen MR) is 51.9 cm³/mol. The molecule has 0 amide bonds. The molecule has 1 aromatic rings. The Morgan fingerprint density at radius 2 is 2.33 bits per heavy atom. The summed E-state index contributed by atoms with van der Waals surface area (Å²) in [6, 6.07) is 0. The van der Waals surface area contributed by atoms with Crippen LogP contribution in [0.25, 0.3) is 0 Å². The van der Waals surface area contributed by atoms with Crippen LogP contribution in [-0.2, 0) is 9.47 Å². The molecule has 84 valence electrons. The third kappa shape index (κ3) is 3.25. The molecular formula is C9H14N2O4. The number of carbonyl (C=O) groups excluding carboxylic acids is 1. The summed E-state index contributed by atoms with van der Waals surface area (Å²) in [7, 11) is 1.57. The maximum absolute atomic E-state index is 11.4. The summed E-state index contributed by atoms with van der Waals surface area (Å²) in [6.45, 7) is 2.84. The van der Waals surface area contributed by atoms with Gasteiger partial charge in [-0.2, -0.15) is 0 Å². The third-order valence-corrected chi connectivity index (χ3v) is 1.63. The van der Waals surface area contributed by atoms with E-state index in [0.717, 1.165) is 0 Å². The van der Waals surface area contributed by atoms with Gasteiger partial charge >= 0.3 is 5.97 Å². The zero-order chi connectivity index (χ0) is 11.1. The van der Waals surface area contributed by atoms with Crippen LogP contribution in [0.3, 0.4) is 0 Å². The van der Waals surface area contributed by atoms with E-state index in [2.05, 4.69) is 10.2 Å². The number of aromatic nitrogens is 2. The number of nitrogens with zero attached hydrogens (tertiary/aromatic N) is 1. The molecule has 0 fully saturated rings. The van der Waals surface area contributed by atoms with Crippen molar-refractivity contribution in [1.29, 1.82) is 0 Å². The average molecular weight is 214 g/mol. The van der Waals surface area contributed by atoms with Crippen molar-refractivity contribution in [3.63, 3.8) is 0 Å². The highest BCUT2D eigenvalue weighted by atomic mass is 16.5. The third-order valence-electron chi connectivity index (χ3n) is 1.63. The summed E-state index contributed by atoms with van der Waals surface area (Å²) in [5, 5.41) is 6.34. The van der Waals surface area contributed by atoms with Gasteiger partial charge in [-0.3, -0.25) is 5.10 Å². The average Bonchev–Trinajstić information content (AvgIpc) is 2.67. The lowest BCUT2D eigenvalue weighted by Crippen LogP contribution is -2.09. The smallest absolute Gasteiger partial charge is 0.345 e. The second-order valence-corrected chi connectivity index (χ2v) is 2.67. The van der Waals surface area contributed by atoms with Crippen LogP contribution in [0.15, 0.2) is 6.20 Å². The van der Waals surface area contributed by atoms with Crippen molar-refractivity contribution in [2.75, 3.05) is 26.9 Å². The monoisotopic (exact) mass is 214 g/mol. The van der Waals surface area contributed by atoms with E-state index >= 15 is 0 Å². The number of aromatic amines is 1. The quantitative estimate of drug-likeness (QED) is 0.554. The molecule has 0 saturated heterocycles. The van der Waals surface area contributed by atoms with E-state index in [1.54, 1.807) is 14.0 Å². The number of ether oxygens (including phenoxy) is 3. The van der Waals surface area contributed by atoms with Gasteiger partial charge < -0.3 is 14.2 Å². The maximum Gasteiger partial charge on any atom is 0.345 e. The Morgan fingerprint density at radius 1 is 1.53 bits per heavy atom. The fourth-order valence-electron chi connectivity index (χ4n) is 0.964. The van der Waals surface area contributed by atoms with Crippen LogP contribution in [0.5, 0.6) is 5.88 Å². The van der Waals surface area contributed by atoms with Crippen LogP contribution in [0.1, 0.15) is 17.3 Å². The number of hydrogen-bond donors (Lipinski definition) is 1. The summed E-state index contributed by atoms with van der Waals surface area (Å²) in [6.07, 6.45) is 1.44. The van der Waals surface area contributed by atoms with Gasteiger partial charge in [-0.15, -0.1) is 5.10 Å². The van der Waals surface area contributed by atoms with Crippen molar-refractivity contribution in [2.24, 2.45) is 0 Å². The zero-order valence-corrected chi connectivity index (χ0v) is 8.78. The Kier molecular flexibility index (Phi) is 4.62. The van der Waals surface area contributed by atoms with Crippen molar-refractivity contribution < 1.29 is 19.0 Å². The highest BCUT2D eigenvalue weighted by molar-refractivity contribution is 5.91. The molecule has 0 spiro atoms. The first-order valence-electron chi connectivity index (χ1n) is 4.62. The Balaban J connectivity index is 2.56. The van der Waals surface area contributed by atoms with Crippen LogP contribution >= 0.6 is 0 Å². The molecule has 0 radical (unpaired) electrons. The van der Waals surface area contributed by atoms with Gasteiger partial charge in [0.2, 0.25) is 5.88 Å². The van der Waals surface area contributed by atoms with Gasteiger partial charge in [-0.05, 0) is 6.92 Å². The number of methoxy groups -OCH3 is 1. The Labute approximate surface area is 87.5 Å². The normalized spacial score (nSPS) is 10.0. The minimum absolute atomic E-state index is 0.241. The first kappa shape index (κ1) is 11.5. The molecule has 0 unspecified atom stereocenters. The Hall–Kier alpha value is -1.56. The van der Waals surface area contributed by atoms with Gasteiger partial charge in [-0.1, -0.05) is 0 Å². The van der Waals surface area contributed by atoms with Crippen LogP contribution < -0.4 is 4.74 Å². The summed E-state index contributed by atoms with van der Waals surface area (Å²) in [5.74, 6) is -0.204. The van der Waals surface area contributed by atoms with Gasteiger partial charge in [0, 0.05) is 13.3 Å². The number of nitrogens with one attached hydrogen (secondary N) is 1. The zero-order valence-electron chi connectivity index (χ0n) is 8.78. The lowest BCUT2D eigenvalue weighted by molar-refractivity contribution is 0.0519. The van der Waals surface area contributed by atoms with Gasteiger partial charge in [0.1, 0.15) is 12.2 Å². The molecule has 1 N–H and O–H groups in total. The van der Waals surface area contributed by atoms with Crippen molar-refractivity contribution in [2.45, 2.75) is 6.92 Å². The van der Waals surface area contributed by atoms with Crippen LogP contribution in [0, 0.1) is 0 Å². The standard InChI is InChI=1S/C9H14N2O4/c1-3-14-9(12)7-6-10-11-8(7)15-5-4-13-2/h6H,3-5H2,1-2H3,(H,10,11). The van der Waals surface area contributed by atoms with E-state index in [4.69, 9.17) is 14.2 Å². The minimum Gasteiger partial charge on any atom is -0.474 e. The first-order chi connectivity index (χ1) is 7.29. The van der Waals surface area contributed by atoms with Crippen LogP contribution in [0.2, 0.25) is 0 Å². The van der Waals surface area contributed by atoms with E-state index in [-0.39, 0.29) is 5.88 Å². The van der Waals surface area contributed by atoms with E-state index in [1.807, 2.05) is 0 Å². The molecule has 0 aromatic carbocycles. The van der Waals surface area contributed by atoms with E-state index in [9.17, 15) is 4.79 Å². The van der Waals surface area contributed by atoms with Crippen molar-refractivity contribution >= 4 is 5.97 Å². The molecule has 0 aliphatic heterocycles. The molecule has 6 nitrogen and oxygen atoms in total.